The minimum atomic E-state index is -1.16. The number of nitrogens with zero attached hydrogens (tertiary/aromatic N) is 6. The topological polar surface area (TPSA) is 131 Å². The van der Waals surface area contributed by atoms with Crippen LogP contribution in [0, 0.1) is 42.8 Å². The summed E-state index contributed by atoms with van der Waals surface area (Å²) in [6, 6.07) is 2.56. The van der Waals surface area contributed by atoms with Gasteiger partial charge in [0.15, 0.2) is 5.82 Å². The Morgan fingerprint density at radius 1 is 1.10 bits per heavy atom. The number of H-pyrrole nitrogens is 1. The van der Waals surface area contributed by atoms with Crippen molar-refractivity contribution >= 4 is 27.6 Å². The summed E-state index contributed by atoms with van der Waals surface area (Å²) in [5.74, 6) is 2.21. The number of aliphatic hydroxyl groups is 1. The third-order valence-corrected chi connectivity index (χ3v) is 12.6. The van der Waals surface area contributed by atoms with Gasteiger partial charge in [0.05, 0.1) is 58.4 Å². The fourth-order valence-corrected chi connectivity index (χ4v) is 9.87. The first-order valence-corrected chi connectivity index (χ1v) is 18.5. The maximum absolute atomic E-state index is 17.3. The molecule has 6 atom stereocenters. The number of aryl methyl sites for hydroxylation is 1. The molecule has 13 heteroatoms. The molecule has 5 fully saturated rings. The van der Waals surface area contributed by atoms with Crippen LogP contribution in [0.15, 0.2) is 12.3 Å². The molecule has 2 aliphatic carbocycles. The number of anilines is 1. The molecule has 0 bridgehead atoms. The van der Waals surface area contributed by atoms with Crippen LogP contribution in [0.2, 0.25) is 0 Å². The van der Waals surface area contributed by atoms with Gasteiger partial charge in [-0.05, 0) is 87.9 Å². The first kappa shape index (κ1) is 33.2. The van der Waals surface area contributed by atoms with Crippen LogP contribution in [0.1, 0.15) is 50.2 Å². The Bertz CT molecular complexity index is 1980. The number of fused-ring (bicyclic) bond motifs is 4. The van der Waals surface area contributed by atoms with Crippen molar-refractivity contribution in [1.29, 1.82) is 0 Å². The minimum absolute atomic E-state index is 0.0114. The van der Waals surface area contributed by atoms with Crippen molar-refractivity contribution in [1.82, 2.24) is 30.0 Å². The fraction of sp³-hybridized carbons (Fsp3) is 0.632. The van der Waals surface area contributed by atoms with Crippen LogP contribution < -0.4 is 14.4 Å². The van der Waals surface area contributed by atoms with Crippen molar-refractivity contribution in [2.45, 2.75) is 64.5 Å². The number of halogens is 1. The predicted octanol–water partition coefficient (Wildman–Crippen LogP) is 4.83. The maximum Gasteiger partial charge on any atom is 0.319 e. The van der Waals surface area contributed by atoms with E-state index in [2.05, 4.69) is 15.1 Å². The molecule has 272 valence electrons. The van der Waals surface area contributed by atoms with Crippen molar-refractivity contribution in [3.8, 4) is 23.1 Å². The molecule has 4 aromatic rings. The lowest BCUT2D eigenvalue weighted by Gasteiger charge is -2.46. The number of pyridine rings is 1. The summed E-state index contributed by atoms with van der Waals surface area (Å²) in [7, 11) is 1.52. The van der Waals surface area contributed by atoms with E-state index in [1.54, 1.807) is 13.1 Å². The van der Waals surface area contributed by atoms with E-state index in [-0.39, 0.29) is 41.7 Å². The summed E-state index contributed by atoms with van der Waals surface area (Å²) in [4.78, 5) is 19.2. The Balaban J connectivity index is 1.13. The van der Waals surface area contributed by atoms with Gasteiger partial charge in [0.2, 0.25) is 5.88 Å². The fourth-order valence-electron chi connectivity index (χ4n) is 9.87. The Kier molecular flexibility index (Phi) is 8.13. The molecule has 0 radical (unpaired) electrons. The Morgan fingerprint density at radius 3 is 2.75 bits per heavy atom. The number of nitrogens with one attached hydrogen (secondary N) is 1. The van der Waals surface area contributed by atoms with Crippen LogP contribution in [0.4, 0.5) is 10.2 Å². The highest BCUT2D eigenvalue weighted by atomic mass is 19.1. The van der Waals surface area contributed by atoms with Gasteiger partial charge in [-0.1, -0.05) is 6.42 Å². The number of ether oxygens (including phenoxy) is 4. The summed E-state index contributed by atoms with van der Waals surface area (Å²) in [5.41, 5.74) is 2.30. The van der Waals surface area contributed by atoms with Crippen LogP contribution in [0.5, 0.6) is 11.9 Å². The first-order chi connectivity index (χ1) is 24.7. The van der Waals surface area contributed by atoms with E-state index in [1.807, 2.05) is 24.8 Å². The molecule has 0 amide bonds. The number of aromatic amines is 1. The average Bonchev–Trinajstić information content (AvgIpc) is 3.55. The van der Waals surface area contributed by atoms with Crippen molar-refractivity contribution in [2.24, 2.45) is 23.2 Å². The molecule has 2 saturated carbocycles. The van der Waals surface area contributed by atoms with Crippen LogP contribution in [-0.4, -0.2) is 113 Å². The van der Waals surface area contributed by atoms with Crippen molar-refractivity contribution in [2.75, 3.05) is 71.2 Å². The van der Waals surface area contributed by atoms with E-state index in [9.17, 15) is 5.11 Å². The van der Waals surface area contributed by atoms with E-state index in [0.717, 1.165) is 98.2 Å². The highest BCUT2D eigenvalue weighted by molar-refractivity contribution is 6.01. The molecule has 3 aliphatic heterocycles. The number of methoxy groups -OCH3 is 1. The zero-order valence-electron chi connectivity index (χ0n) is 30.0. The number of β-amino-alcohol motifs (C(OH)–C–C–N with tert-alkyl or cyclic N) is 1. The van der Waals surface area contributed by atoms with Crippen molar-refractivity contribution in [3.63, 3.8) is 0 Å². The Morgan fingerprint density at radius 2 is 1.92 bits per heavy atom. The van der Waals surface area contributed by atoms with Crippen LogP contribution in [0.25, 0.3) is 33.1 Å². The third-order valence-electron chi connectivity index (χ3n) is 12.6. The molecule has 6 heterocycles. The molecule has 9 rings (SSSR count). The highest BCUT2D eigenvalue weighted by Crippen LogP contribution is 2.54. The Labute approximate surface area is 297 Å². The quantitative estimate of drug-likeness (QED) is 0.262. The molecular formula is C38H48FN7O5. The van der Waals surface area contributed by atoms with Crippen molar-refractivity contribution < 1.29 is 28.4 Å². The van der Waals surface area contributed by atoms with Gasteiger partial charge in [-0.25, -0.2) is 9.37 Å². The monoisotopic (exact) mass is 701 g/mol. The summed E-state index contributed by atoms with van der Waals surface area (Å²) in [6.07, 6.45) is 7.33. The average molecular weight is 702 g/mol. The molecule has 0 spiro atoms. The maximum atomic E-state index is 17.3. The summed E-state index contributed by atoms with van der Waals surface area (Å²) < 4.78 is 41.2. The van der Waals surface area contributed by atoms with Crippen molar-refractivity contribution in [3.05, 3.63) is 29.2 Å². The highest BCUT2D eigenvalue weighted by Gasteiger charge is 2.56. The summed E-state index contributed by atoms with van der Waals surface area (Å²) in [5, 5.41) is 19.5. The van der Waals surface area contributed by atoms with E-state index >= 15 is 4.39 Å². The van der Waals surface area contributed by atoms with E-state index in [0.29, 0.717) is 42.6 Å². The molecule has 5 aliphatic rings. The van der Waals surface area contributed by atoms with Gasteiger partial charge >= 0.3 is 6.01 Å². The van der Waals surface area contributed by atoms with Crippen LogP contribution in [0.3, 0.4) is 0 Å². The molecule has 12 nitrogen and oxygen atoms in total. The van der Waals surface area contributed by atoms with Gasteiger partial charge in [-0.3, -0.25) is 10.00 Å². The van der Waals surface area contributed by atoms with Gasteiger partial charge in [0.25, 0.3) is 0 Å². The second kappa shape index (κ2) is 12.5. The largest absolute Gasteiger partial charge is 0.480 e. The van der Waals surface area contributed by atoms with Gasteiger partial charge in [-0.15, -0.1) is 0 Å². The molecule has 3 aromatic heterocycles. The van der Waals surface area contributed by atoms with Gasteiger partial charge in [-0.2, -0.15) is 15.1 Å². The lowest BCUT2D eigenvalue weighted by atomic mass is 9.75. The zero-order chi connectivity index (χ0) is 35.1. The van der Waals surface area contributed by atoms with E-state index < -0.39 is 11.4 Å². The molecule has 2 unspecified atom stereocenters. The second-order valence-corrected chi connectivity index (χ2v) is 16.0. The number of benzene rings is 1. The predicted molar refractivity (Wildman–Crippen MR) is 190 cm³/mol. The zero-order valence-corrected chi connectivity index (χ0v) is 30.0. The number of hydrogen-bond donors (Lipinski definition) is 2. The number of hydrogen-bond acceptors (Lipinski definition) is 11. The standard InChI is InChI=1S/C38H48FN7O5/c1-21-13-27-23(14-40-44-27)29(22(21)2)32-31(39)33-30(35(41-32)48-4)34(46-11-12-49-19-37(3,47)18-46)43-36(42-33)51-20-38-8-5-7-28(38)45(10-6-9-38)15-24-25-16-50-17-26(24)25/h13-14,24-26,28,47H,5-12,15-20H2,1-4H3,(H,40,44)/t24?,25-,26+,28-,37+,38?/m1/s1. The summed E-state index contributed by atoms with van der Waals surface area (Å²) in [6.45, 7) is 11.4. The lowest BCUT2D eigenvalue weighted by molar-refractivity contribution is -0.0123. The number of likely N-dealkylation sites (tertiary alicyclic amines) is 1. The normalized spacial score (nSPS) is 30.8. The van der Waals surface area contributed by atoms with Gasteiger partial charge in [0.1, 0.15) is 28.0 Å². The Hall–Kier alpha value is -3.65. The third kappa shape index (κ3) is 5.62. The minimum Gasteiger partial charge on any atom is -0.480 e. The second-order valence-electron chi connectivity index (χ2n) is 16.0. The van der Waals surface area contributed by atoms with Gasteiger partial charge < -0.3 is 29.0 Å². The smallest absolute Gasteiger partial charge is 0.319 e. The summed E-state index contributed by atoms with van der Waals surface area (Å²) >= 11 is 0. The number of piperidine rings is 1. The number of aromatic nitrogens is 5. The molecular weight excluding hydrogens is 653 g/mol. The molecule has 1 aromatic carbocycles. The lowest BCUT2D eigenvalue weighted by Crippen LogP contribution is -2.52. The number of rotatable bonds is 8. The van der Waals surface area contributed by atoms with Crippen LogP contribution in [-0.2, 0) is 9.47 Å². The SMILES string of the molecule is COc1nc(-c2c(C)c(C)cc3[nH]ncc23)c(F)c2nc(OCC34CCC[C@H]3N(CC3[C@H]5COC[C@@H]35)CCC4)nc(N3CCOC[C@@](C)(O)C3)c12. The molecule has 2 N–H and O–H groups in total. The van der Waals surface area contributed by atoms with E-state index in [1.165, 1.54) is 7.11 Å². The first-order valence-electron chi connectivity index (χ1n) is 18.5. The molecule has 51 heavy (non-hydrogen) atoms. The van der Waals surface area contributed by atoms with Crippen LogP contribution >= 0.6 is 0 Å². The van der Waals surface area contributed by atoms with E-state index in [4.69, 9.17) is 33.9 Å². The van der Waals surface area contributed by atoms with Gasteiger partial charge in [0, 0.05) is 35.5 Å². The molecule has 3 saturated heterocycles.